The van der Waals surface area contributed by atoms with E-state index in [2.05, 4.69) is 15.6 Å². The Kier molecular flexibility index (Phi) is 6.36. The Bertz CT molecular complexity index is 564. The van der Waals surface area contributed by atoms with E-state index in [-0.39, 0.29) is 18.1 Å². The number of ether oxygens (including phenoxy) is 1. The van der Waals surface area contributed by atoms with Crippen LogP contribution in [0.3, 0.4) is 0 Å². The minimum absolute atomic E-state index is 0.0588. The average molecular weight is 322 g/mol. The number of amides is 1. The molecule has 1 heterocycles. The van der Waals surface area contributed by atoms with Crippen LogP contribution in [0.1, 0.15) is 12.0 Å². The van der Waals surface area contributed by atoms with Crippen molar-refractivity contribution in [2.75, 3.05) is 32.7 Å². The normalized spacial score (nSPS) is 15.5. The maximum Gasteiger partial charge on any atom is 0.387 e. The van der Waals surface area contributed by atoms with Gasteiger partial charge in [0.05, 0.1) is 6.42 Å². The fraction of sp³-hybridized carbons (Fsp3) is 0.471. The van der Waals surface area contributed by atoms with Crippen molar-refractivity contribution in [1.82, 2.24) is 9.80 Å². The van der Waals surface area contributed by atoms with Gasteiger partial charge < -0.3 is 9.64 Å². The van der Waals surface area contributed by atoms with Crippen molar-refractivity contribution in [3.8, 4) is 18.1 Å². The highest BCUT2D eigenvalue weighted by Gasteiger charge is 2.22. The summed E-state index contributed by atoms with van der Waals surface area (Å²) in [6.45, 7) is 0.753. The van der Waals surface area contributed by atoms with Gasteiger partial charge in [-0.05, 0) is 6.07 Å². The van der Waals surface area contributed by atoms with Gasteiger partial charge in [0, 0.05) is 44.7 Å². The van der Waals surface area contributed by atoms with E-state index in [9.17, 15) is 13.6 Å². The van der Waals surface area contributed by atoms with Crippen LogP contribution in [0.25, 0.3) is 0 Å². The molecule has 1 saturated heterocycles. The largest absolute Gasteiger partial charge is 0.435 e. The molecule has 1 aromatic rings. The molecule has 4 nitrogen and oxygen atoms in total. The molecule has 0 saturated carbocycles. The van der Waals surface area contributed by atoms with Crippen LogP contribution in [0.5, 0.6) is 5.75 Å². The third-order valence-electron chi connectivity index (χ3n) is 3.83. The molecule has 124 valence electrons. The number of hydrogen-bond acceptors (Lipinski definition) is 3. The van der Waals surface area contributed by atoms with E-state index in [4.69, 9.17) is 6.42 Å². The second-order valence-electron chi connectivity index (χ2n) is 5.34. The monoisotopic (exact) mass is 322 g/mol. The number of nitrogens with zero attached hydrogens (tertiary/aromatic N) is 2. The summed E-state index contributed by atoms with van der Waals surface area (Å²) in [6, 6.07) is 6.40. The lowest BCUT2D eigenvalue weighted by molar-refractivity contribution is -0.132. The Balaban J connectivity index is 1.90. The van der Waals surface area contributed by atoms with Gasteiger partial charge in [0.1, 0.15) is 5.75 Å². The summed E-state index contributed by atoms with van der Waals surface area (Å²) in [4.78, 5) is 16.3. The Labute approximate surface area is 135 Å². The molecule has 0 aromatic heterocycles. The molecule has 1 aliphatic heterocycles. The number of carbonyl (C=O) groups is 1. The third kappa shape index (κ3) is 5.22. The molecule has 1 aromatic carbocycles. The Hall–Kier alpha value is -2.13. The molecule has 0 aliphatic carbocycles. The molecular weight excluding hydrogens is 302 g/mol. The van der Waals surface area contributed by atoms with Crippen LogP contribution in [0.4, 0.5) is 8.78 Å². The molecule has 1 amide bonds. The maximum absolute atomic E-state index is 12.4. The summed E-state index contributed by atoms with van der Waals surface area (Å²) in [6.07, 6.45) is 6.01. The predicted molar refractivity (Wildman–Crippen MR) is 83.2 cm³/mol. The number of halogens is 2. The first-order chi connectivity index (χ1) is 11.1. The topological polar surface area (TPSA) is 32.8 Å². The molecule has 0 unspecified atom stereocenters. The number of piperazine rings is 1. The standard InChI is InChI=1S/C17H20F2N2O2/c1-2-3-8-20-9-11-21(12-10-20)16(22)13-14-6-4-5-7-15(14)23-17(18)19/h1,4-7,17H,3,8-13H2. The summed E-state index contributed by atoms with van der Waals surface area (Å²) >= 11 is 0. The van der Waals surface area contributed by atoms with Crippen LogP contribution in [0, 0.1) is 12.3 Å². The van der Waals surface area contributed by atoms with Gasteiger partial charge in [-0.25, -0.2) is 0 Å². The third-order valence-corrected chi connectivity index (χ3v) is 3.83. The van der Waals surface area contributed by atoms with Gasteiger partial charge in [-0.1, -0.05) is 18.2 Å². The van der Waals surface area contributed by atoms with Crippen LogP contribution in [0.15, 0.2) is 24.3 Å². The number of alkyl halides is 2. The lowest BCUT2D eigenvalue weighted by Gasteiger charge is -2.34. The molecule has 6 heteroatoms. The number of rotatable bonds is 6. The zero-order chi connectivity index (χ0) is 16.7. The second kappa shape index (κ2) is 8.49. The van der Waals surface area contributed by atoms with Crippen molar-refractivity contribution < 1.29 is 18.3 Å². The first-order valence-corrected chi connectivity index (χ1v) is 7.56. The zero-order valence-corrected chi connectivity index (χ0v) is 12.9. The van der Waals surface area contributed by atoms with E-state index in [0.29, 0.717) is 25.1 Å². The van der Waals surface area contributed by atoms with Gasteiger partial charge in [-0.3, -0.25) is 9.69 Å². The molecule has 0 spiro atoms. The smallest absolute Gasteiger partial charge is 0.387 e. The van der Waals surface area contributed by atoms with E-state index in [1.165, 1.54) is 6.07 Å². The number of terminal acetylenes is 1. The predicted octanol–water partition coefficient (Wildman–Crippen LogP) is 2.00. The van der Waals surface area contributed by atoms with Crippen molar-refractivity contribution in [3.63, 3.8) is 0 Å². The maximum atomic E-state index is 12.4. The lowest BCUT2D eigenvalue weighted by Crippen LogP contribution is -2.49. The van der Waals surface area contributed by atoms with Gasteiger partial charge in [-0.2, -0.15) is 8.78 Å². The van der Waals surface area contributed by atoms with Crippen LogP contribution >= 0.6 is 0 Å². The number of benzene rings is 1. The van der Waals surface area contributed by atoms with Crippen LogP contribution in [0.2, 0.25) is 0 Å². The molecular formula is C17H20F2N2O2. The molecule has 1 aliphatic rings. The number of hydrogen-bond donors (Lipinski definition) is 0. The van der Waals surface area contributed by atoms with E-state index >= 15 is 0 Å². The molecule has 1 fully saturated rings. The Morgan fingerprint density at radius 2 is 1.96 bits per heavy atom. The first kappa shape index (κ1) is 17.2. The van der Waals surface area contributed by atoms with Crippen molar-refractivity contribution in [1.29, 1.82) is 0 Å². The SMILES string of the molecule is C#CCCN1CCN(C(=O)Cc2ccccc2OC(F)F)CC1. The quantitative estimate of drug-likeness (QED) is 0.751. The number of para-hydroxylation sites is 1. The minimum atomic E-state index is -2.90. The van der Waals surface area contributed by atoms with E-state index in [1.807, 2.05) is 0 Å². The van der Waals surface area contributed by atoms with Crippen molar-refractivity contribution in [3.05, 3.63) is 29.8 Å². The minimum Gasteiger partial charge on any atom is -0.435 e. The summed E-state index contributed by atoms with van der Waals surface area (Å²) < 4.78 is 29.3. The highest BCUT2D eigenvalue weighted by Crippen LogP contribution is 2.21. The molecule has 0 bridgehead atoms. The van der Waals surface area contributed by atoms with Gasteiger partial charge in [0.25, 0.3) is 0 Å². The molecule has 0 radical (unpaired) electrons. The Morgan fingerprint density at radius 3 is 2.61 bits per heavy atom. The fourth-order valence-corrected chi connectivity index (χ4v) is 2.58. The van der Waals surface area contributed by atoms with Gasteiger partial charge in [0.2, 0.25) is 5.91 Å². The van der Waals surface area contributed by atoms with E-state index < -0.39 is 6.61 Å². The van der Waals surface area contributed by atoms with Gasteiger partial charge in [0.15, 0.2) is 0 Å². The molecule has 23 heavy (non-hydrogen) atoms. The summed E-state index contributed by atoms with van der Waals surface area (Å²) in [5.74, 6) is 2.59. The van der Waals surface area contributed by atoms with Crippen molar-refractivity contribution in [2.45, 2.75) is 19.5 Å². The molecule has 2 rings (SSSR count). The fourth-order valence-electron chi connectivity index (χ4n) is 2.58. The van der Waals surface area contributed by atoms with E-state index in [1.54, 1.807) is 23.1 Å². The average Bonchev–Trinajstić information content (AvgIpc) is 2.54. The van der Waals surface area contributed by atoms with Crippen molar-refractivity contribution >= 4 is 5.91 Å². The van der Waals surface area contributed by atoms with Crippen LogP contribution < -0.4 is 4.74 Å². The number of carbonyl (C=O) groups excluding carboxylic acids is 1. The first-order valence-electron chi connectivity index (χ1n) is 7.56. The van der Waals surface area contributed by atoms with Crippen LogP contribution in [-0.2, 0) is 11.2 Å². The molecule has 0 N–H and O–H groups in total. The summed E-state index contributed by atoms with van der Waals surface area (Å²) in [7, 11) is 0. The summed E-state index contributed by atoms with van der Waals surface area (Å²) in [5.41, 5.74) is 0.479. The molecule has 0 atom stereocenters. The van der Waals surface area contributed by atoms with Crippen LogP contribution in [-0.4, -0.2) is 55.0 Å². The zero-order valence-electron chi connectivity index (χ0n) is 12.9. The van der Waals surface area contributed by atoms with Crippen molar-refractivity contribution in [2.24, 2.45) is 0 Å². The highest BCUT2D eigenvalue weighted by molar-refractivity contribution is 5.79. The van der Waals surface area contributed by atoms with Gasteiger partial charge in [-0.15, -0.1) is 12.3 Å². The van der Waals surface area contributed by atoms with E-state index in [0.717, 1.165) is 19.6 Å². The lowest BCUT2D eigenvalue weighted by atomic mass is 10.1. The second-order valence-corrected chi connectivity index (χ2v) is 5.34. The Morgan fingerprint density at radius 1 is 1.26 bits per heavy atom. The summed E-state index contributed by atoms with van der Waals surface area (Å²) in [5, 5.41) is 0. The highest BCUT2D eigenvalue weighted by atomic mass is 19.3. The van der Waals surface area contributed by atoms with Gasteiger partial charge >= 0.3 is 6.61 Å².